The molecule has 11 nitrogen and oxygen atoms in total. The molecule has 3 aromatic carbocycles. The van der Waals surface area contributed by atoms with Crippen LogP contribution in [-0.2, 0) is 30.8 Å². The maximum absolute atomic E-state index is 13.6. The number of hydrogen-bond donors (Lipinski definition) is 2. The Balaban J connectivity index is 1.43. The molecule has 0 aromatic heterocycles. The number of rotatable bonds is 3. The van der Waals surface area contributed by atoms with Crippen molar-refractivity contribution in [2.45, 2.75) is 48.8 Å². The molecule has 3 N–H and O–H groups in total. The monoisotopic (exact) mass is 619 g/mol. The summed E-state index contributed by atoms with van der Waals surface area (Å²) in [6.45, 7) is 0.131. The van der Waals surface area contributed by atoms with Gasteiger partial charge < -0.3 is 25.8 Å². The van der Waals surface area contributed by atoms with Gasteiger partial charge in [-0.2, -0.15) is 0 Å². The highest BCUT2D eigenvalue weighted by molar-refractivity contribution is 7.91. The van der Waals surface area contributed by atoms with Crippen LogP contribution in [0.3, 0.4) is 0 Å². The molecule has 1 fully saturated rings. The van der Waals surface area contributed by atoms with Crippen molar-refractivity contribution >= 4 is 44.2 Å². The van der Waals surface area contributed by atoms with Gasteiger partial charge >= 0.3 is 0 Å². The van der Waals surface area contributed by atoms with Gasteiger partial charge in [0.25, 0.3) is 5.91 Å². The minimum atomic E-state index is -3.92. The molecular weight excluding hydrogens is 582 g/mol. The Labute approximate surface area is 256 Å². The first-order valence-corrected chi connectivity index (χ1v) is 16.2. The normalized spacial score (nSPS) is 23.1. The van der Waals surface area contributed by atoms with Crippen LogP contribution in [0, 0.1) is 0 Å². The zero-order valence-electron chi connectivity index (χ0n) is 24.8. The number of nitrogens with two attached hydrogens (primary N) is 1. The summed E-state index contributed by atoms with van der Waals surface area (Å²) >= 11 is 0. The highest BCUT2D eigenvalue weighted by atomic mass is 32.2. The number of nitrogens with one attached hydrogen (secondary N) is 1. The smallest absolute Gasteiger partial charge is 0.254 e. The first-order chi connectivity index (χ1) is 20.9. The Morgan fingerprint density at radius 2 is 1.70 bits per heavy atom. The van der Waals surface area contributed by atoms with Gasteiger partial charge in [-0.15, -0.1) is 0 Å². The Morgan fingerprint density at radius 3 is 2.48 bits per heavy atom. The van der Waals surface area contributed by atoms with Gasteiger partial charge in [-0.3, -0.25) is 19.2 Å². The van der Waals surface area contributed by atoms with E-state index in [0.29, 0.717) is 6.42 Å². The van der Waals surface area contributed by atoms with Crippen molar-refractivity contribution in [1.82, 2.24) is 20.0 Å². The summed E-state index contributed by atoms with van der Waals surface area (Å²) in [6, 6.07) is 17.3. The Morgan fingerprint density at radius 1 is 0.955 bits per heavy atom. The fourth-order valence-electron chi connectivity index (χ4n) is 5.92. The van der Waals surface area contributed by atoms with E-state index in [4.69, 9.17) is 5.73 Å². The van der Waals surface area contributed by atoms with Crippen LogP contribution in [0.15, 0.2) is 71.6 Å². The van der Waals surface area contributed by atoms with Crippen molar-refractivity contribution in [2.24, 2.45) is 5.73 Å². The Kier molecular flexibility index (Phi) is 9.02. The number of benzene rings is 3. The molecule has 0 radical (unpaired) electrons. The maximum atomic E-state index is 13.6. The first-order valence-electron chi connectivity index (χ1n) is 14.6. The number of carbonyl (C=O) groups is 4. The summed E-state index contributed by atoms with van der Waals surface area (Å²) in [6.07, 6.45) is 0.213. The predicted octanol–water partition coefficient (Wildman–Crippen LogP) is 1.55. The van der Waals surface area contributed by atoms with E-state index >= 15 is 0 Å². The lowest BCUT2D eigenvalue weighted by Crippen LogP contribution is -2.49. The predicted molar refractivity (Wildman–Crippen MR) is 165 cm³/mol. The number of likely N-dealkylation sites (N-methyl/N-ethyl adjacent to an activating group) is 2. The van der Waals surface area contributed by atoms with Crippen LogP contribution in [-0.4, -0.2) is 97.8 Å². The zero-order chi connectivity index (χ0) is 31.6. The molecule has 0 saturated carbocycles. The summed E-state index contributed by atoms with van der Waals surface area (Å²) in [4.78, 5) is 57.4. The van der Waals surface area contributed by atoms with Gasteiger partial charge in [0, 0.05) is 51.3 Å². The van der Waals surface area contributed by atoms with E-state index in [9.17, 15) is 27.6 Å². The summed E-state index contributed by atoms with van der Waals surface area (Å²) in [5.74, 6) is -2.16. The summed E-state index contributed by atoms with van der Waals surface area (Å²) < 4.78 is 26.9. The van der Waals surface area contributed by atoms with Crippen molar-refractivity contribution in [3.05, 3.63) is 77.9 Å². The topological polar surface area (TPSA) is 150 Å². The minimum absolute atomic E-state index is 0.00163. The Bertz CT molecular complexity index is 1710. The van der Waals surface area contributed by atoms with Gasteiger partial charge in [0.05, 0.1) is 17.2 Å². The molecule has 2 aliphatic rings. The lowest BCUT2D eigenvalue weighted by Gasteiger charge is -2.30. The molecular formula is C32H37N5O6S. The highest BCUT2D eigenvalue weighted by Crippen LogP contribution is 2.24. The number of nitrogens with zero attached hydrogens (tertiary/aromatic N) is 3. The molecule has 1 saturated heterocycles. The molecule has 2 bridgehead atoms. The number of sulfone groups is 1. The van der Waals surface area contributed by atoms with Crippen molar-refractivity contribution in [2.75, 3.05) is 32.9 Å². The second kappa shape index (κ2) is 12.7. The average Bonchev–Trinajstić information content (AvgIpc) is 3.37. The summed E-state index contributed by atoms with van der Waals surface area (Å²) in [5.41, 5.74) is 7.07. The molecule has 5 rings (SSSR count). The number of amides is 4. The highest BCUT2D eigenvalue weighted by Gasteiger charge is 2.38. The van der Waals surface area contributed by atoms with E-state index in [2.05, 4.69) is 5.32 Å². The molecule has 0 spiro atoms. The molecule has 3 aromatic rings. The van der Waals surface area contributed by atoms with Gasteiger partial charge in [-0.1, -0.05) is 42.5 Å². The number of carbonyl (C=O) groups excluding carboxylic acids is 4. The van der Waals surface area contributed by atoms with Gasteiger partial charge in [0.1, 0.15) is 6.04 Å². The van der Waals surface area contributed by atoms with E-state index in [1.54, 1.807) is 0 Å². The first kappa shape index (κ1) is 31.1. The molecule has 232 valence electrons. The largest absolute Gasteiger partial charge is 0.350 e. The lowest BCUT2D eigenvalue weighted by atomic mass is 10.1. The van der Waals surface area contributed by atoms with Gasteiger partial charge in [-0.25, -0.2) is 8.42 Å². The average molecular weight is 620 g/mol. The van der Waals surface area contributed by atoms with E-state index in [0.717, 1.165) is 16.3 Å². The fraction of sp³-hybridized carbons (Fsp3) is 0.375. The SMILES string of the molecule is CN1CC(=O)N2C[C@H](N)C[C@H]2CS(=O)(=O)c2cccc(c2)C(=O)N(C)[C@H](C(=O)NCc2ccc3ccccc3c2)CCC1=O. The minimum Gasteiger partial charge on any atom is -0.350 e. The zero-order valence-corrected chi connectivity index (χ0v) is 25.6. The second-order valence-electron chi connectivity index (χ2n) is 11.6. The summed E-state index contributed by atoms with van der Waals surface area (Å²) in [7, 11) is -0.971. The molecule has 3 atom stereocenters. The van der Waals surface area contributed by atoms with Crippen LogP contribution < -0.4 is 11.1 Å². The molecule has 2 aliphatic heterocycles. The molecule has 0 aliphatic carbocycles. The molecule has 44 heavy (non-hydrogen) atoms. The summed E-state index contributed by atoms with van der Waals surface area (Å²) in [5, 5.41) is 4.99. The van der Waals surface area contributed by atoms with Crippen molar-refractivity contribution < 1.29 is 27.6 Å². The number of hydrogen-bond acceptors (Lipinski definition) is 7. The quantitative estimate of drug-likeness (QED) is 0.452. The van der Waals surface area contributed by atoms with E-state index in [1.165, 1.54) is 53.1 Å². The molecule has 2 heterocycles. The third-order valence-electron chi connectivity index (χ3n) is 8.42. The number of fused-ring (bicyclic) bond motifs is 4. The molecule has 0 unspecified atom stereocenters. The maximum Gasteiger partial charge on any atom is 0.254 e. The lowest BCUT2D eigenvalue weighted by molar-refractivity contribution is -0.140. The fourth-order valence-corrected chi connectivity index (χ4v) is 7.53. The van der Waals surface area contributed by atoms with Crippen LogP contribution in [0.1, 0.15) is 35.2 Å². The van der Waals surface area contributed by atoms with E-state index in [1.807, 2.05) is 42.5 Å². The van der Waals surface area contributed by atoms with Crippen LogP contribution >= 0.6 is 0 Å². The van der Waals surface area contributed by atoms with Gasteiger partial charge in [0.2, 0.25) is 17.7 Å². The van der Waals surface area contributed by atoms with Crippen molar-refractivity contribution in [3.63, 3.8) is 0 Å². The van der Waals surface area contributed by atoms with Crippen LogP contribution in [0.25, 0.3) is 10.8 Å². The van der Waals surface area contributed by atoms with Crippen LogP contribution in [0.5, 0.6) is 0 Å². The standard InChI is InChI=1S/C32H37N5O6S/c1-35-19-30(39)37-18-25(33)16-26(37)20-44(42,43)27-9-5-8-24(15-27)32(41)36(2)28(12-13-29(35)38)31(40)34-17-21-10-11-22-6-3-4-7-23(22)14-21/h3-11,14-15,25-26,28H,12-13,16-20,33H2,1-2H3,(H,34,40)/t25-,26+,28+/m1/s1. The van der Waals surface area contributed by atoms with Crippen LogP contribution in [0.2, 0.25) is 0 Å². The van der Waals surface area contributed by atoms with E-state index < -0.39 is 45.7 Å². The molecule has 12 heteroatoms. The molecule has 4 amide bonds. The second-order valence-corrected chi connectivity index (χ2v) is 13.7. The van der Waals surface area contributed by atoms with Gasteiger partial charge in [0.15, 0.2) is 9.84 Å². The van der Waals surface area contributed by atoms with Gasteiger partial charge in [-0.05, 0) is 53.4 Å². The third kappa shape index (κ3) is 6.76. The third-order valence-corrected chi connectivity index (χ3v) is 10.2. The van der Waals surface area contributed by atoms with Crippen LogP contribution in [0.4, 0.5) is 0 Å². The van der Waals surface area contributed by atoms with Crippen molar-refractivity contribution in [1.29, 1.82) is 0 Å². The Hall–Kier alpha value is -4.29. The van der Waals surface area contributed by atoms with Crippen molar-refractivity contribution in [3.8, 4) is 0 Å². The van der Waals surface area contributed by atoms with E-state index in [-0.39, 0.29) is 54.6 Å².